The quantitative estimate of drug-likeness (QED) is 0.0645. The van der Waals surface area contributed by atoms with Gasteiger partial charge in [-0.1, -0.05) is 35.9 Å². The van der Waals surface area contributed by atoms with Gasteiger partial charge in [0.05, 0.1) is 34.6 Å². The first-order valence-corrected chi connectivity index (χ1v) is 25.1. The highest BCUT2D eigenvalue weighted by molar-refractivity contribution is 6.30. The average Bonchev–Trinajstić information content (AvgIpc) is 4.15. The van der Waals surface area contributed by atoms with Crippen LogP contribution in [0.2, 0.25) is 5.02 Å². The Kier molecular flexibility index (Phi) is 15.2. The monoisotopic (exact) mass is 1090 g/mol. The van der Waals surface area contributed by atoms with Crippen LogP contribution >= 0.6 is 11.6 Å². The molecule has 5 aromatic heterocycles. The van der Waals surface area contributed by atoms with E-state index in [-0.39, 0.29) is 70.0 Å². The minimum atomic E-state index is -1.21. The highest BCUT2D eigenvalue weighted by Crippen LogP contribution is 2.37. The molecule has 2 atom stereocenters. The van der Waals surface area contributed by atoms with Gasteiger partial charge in [-0.3, -0.25) is 43.7 Å². The number of carbonyl (C=O) groups excluding carboxylic acids is 3. The first-order chi connectivity index (χ1) is 38.0. The van der Waals surface area contributed by atoms with E-state index in [2.05, 4.69) is 30.9 Å². The normalized spacial score (nSPS) is 12.9. The molecule has 0 unspecified atom stereocenters. The maximum atomic E-state index is 16.9. The summed E-state index contributed by atoms with van der Waals surface area (Å²) in [7, 11) is 0. The summed E-state index contributed by atoms with van der Waals surface area (Å²) in [4.78, 5) is 75.2. The van der Waals surface area contributed by atoms with Crippen LogP contribution in [0.4, 0.5) is 22.0 Å². The molecule has 0 saturated carbocycles. The lowest BCUT2D eigenvalue weighted by atomic mass is 9.91. The second-order valence-corrected chi connectivity index (χ2v) is 19.3. The Morgan fingerprint density at radius 3 is 2.05 bits per heavy atom. The van der Waals surface area contributed by atoms with Crippen LogP contribution in [0.5, 0.6) is 0 Å². The molecule has 400 valence electrons. The summed E-state index contributed by atoms with van der Waals surface area (Å²) in [5.41, 5.74) is 6.61. The number of rotatable bonds is 17. The third kappa shape index (κ3) is 11.8. The SMILES string of the molecule is NC(=O)c1cc(-c2cccnc2[C@H](Cc2cc(F)c(-c3cnc([C@H](Cc4cc(F)cc(F)c4)NC(=O)Cn4[nH]c(=O)c5c4CCCC5)c(-c4ccc(Cl)cc4)c3)c(F)c2)NC(=O)Cn2nc(-n3cccn3)ccc2=O)ccc1F. The Bertz CT molecular complexity index is 3900. The van der Waals surface area contributed by atoms with Crippen molar-refractivity contribution in [2.24, 2.45) is 5.73 Å². The Hall–Kier alpha value is -9.37. The zero-order valence-electron chi connectivity index (χ0n) is 41.5. The van der Waals surface area contributed by atoms with Crippen LogP contribution in [0.3, 0.4) is 0 Å². The second-order valence-electron chi connectivity index (χ2n) is 18.8. The van der Waals surface area contributed by atoms with Crippen LogP contribution in [-0.4, -0.2) is 57.0 Å². The molecular weight excluding hydrogens is 1050 g/mol. The van der Waals surface area contributed by atoms with Gasteiger partial charge in [-0.2, -0.15) is 5.10 Å². The molecule has 16 nitrogen and oxygen atoms in total. The van der Waals surface area contributed by atoms with E-state index >= 15 is 8.78 Å². The Morgan fingerprint density at radius 1 is 0.684 bits per heavy atom. The molecule has 0 bridgehead atoms. The number of amides is 3. The molecular formula is C57H45ClF5N11O5. The third-order valence-electron chi connectivity index (χ3n) is 13.4. The van der Waals surface area contributed by atoms with E-state index in [9.17, 15) is 37.1 Å². The van der Waals surface area contributed by atoms with Gasteiger partial charge in [-0.05, 0) is 134 Å². The van der Waals surface area contributed by atoms with E-state index in [4.69, 9.17) is 22.3 Å². The number of hydrogen-bond donors (Lipinski definition) is 4. The van der Waals surface area contributed by atoms with Gasteiger partial charge in [-0.15, -0.1) is 5.10 Å². The highest BCUT2D eigenvalue weighted by atomic mass is 35.5. The minimum Gasteiger partial charge on any atom is -0.366 e. The third-order valence-corrected chi connectivity index (χ3v) is 13.7. The molecule has 1 aliphatic carbocycles. The largest absolute Gasteiger partial charge is 0.366 e. The van der Waals surface area contributed by atoms with Gasteiger partial charge in [0.1, 0.15) is 42.2 Å². The van der Waals surface area contributed by atoms with E-state index in [0.29, 0.717) is 46.3 Å². The number of aromatic nitrogens is 8. The lowest BCUT2D eigenvalue weighted by Gasteiger charge is -2.23. The molecule has 4 aromatic carbocycles. The van der Waals surface area contributed by atoms with Gasteiger partial charge >= 0.3 is 0 Å². The molecule has 3 amide bonds. The van der Waals surface area contributed by atoms with Crippen molar-refractivity contribution in [2.75, 3.05) is 0 Å². The van der Waals surface area contributed by atoms with Crippen LogP contribution < -0.4 is 27.5 Å². The van der Waals surface area contributed by atoms with Gasteiger partial charge < -0.3 is 16.4 Å². The van der Waals surface area contributed by atoms with Crippen molar-refractivity contribution >= 4 is 29.3 Å². The Balaban J connectivity index is 1.02. The van der Waals surface area contributed by atoms with Crippen LogP contribution in [0.1, 0.15) is 69.1 Å². The van der Waals surface area contributed by atoms with E-state index in [1.807, 2.05) is 0 Å². The minimum absolute atomic E-state index is 0.0199. The lowest BCUT2D eigenvalue weighted by molar-refractivity contribution is -0.123. The molecule has 0 fully saturated rings. The van der Waals surface area contributed by atoms with Crippen molar-refractivity contribution < 1.29 is 36.3 Å². The number of halogens is 6. The molecule has 0 saturated heterocycles. The summed E-state index contributed by atoms with van der Waals surface area (Å²) in [6.07, 6.45) is 7.97. The number of H-pyrrole nitrogens is 1. The van der Waals surface area contributed by atoms with Crippen molar-refractivity contribution in [1.82, 2.24) is 49.9 Å². The number of nitrogens with one attached hydrogen (secondary N) is 3. The molecule has 10 rings (SSSR count). The fraction of sp³-hybridized carbons (Fsp3) is 0.175. The fourth-order valence-electron chi connectivity index (χ4n) is 9.88. The second kappa shape index (κ2) is 22.7. The van der Waals surface area contributed by atoms with Crippen molar-refractivity contribution in [2.45, 2.75) is 63.7 Å². The summed E-state index contributed by atoms with van der Waals surface area (Å²) in [6, 6.07) is 21.6. The molecule has 5 N–H and O–H groups in total. The van der Waals surface area contributed by atoms with Crippen LogP contribution in [0.25, 0.3) is 39.2 Å². The zero-order valence-corrected chi connectivity index (χ0v) is 42.3. The number of nitrogens with zero attached hydrogens (tertiary/aromatic N) is 7. The maximum absolute atomic E-state index is 16.9. The molecule has 5 heterocycles. The number of primary amides is 1. The number of carbonyl (C=O) groups is 3. The van der Waals surface area contributed by atoms with Crippen LogP contribution in [0, 0.1) is 29.1 Å². The lowest BCUT2D eigenvalue weighted by Crippen LogP contribution is -2.37. The van der Waals surface area contributed by atoms with Crippen LogP contribution in [0.15, 0.2) is 144 Å². The number of aromatic amines is 1. The highest BCUT2D eigenvalue weighted by Gasteiger charge is 2.28. The first kappa shape index (κ1) is 53.0. The summed E-state index contributed by atoms with van der Waals surface area (Å²) >= 11 is 6.30. The molecule has 0 aliphatic heterocycles. The maximum Gasteiger partial charge on any atom is 0.267 e. The molecule has 1 aliphatic rings. The predicted octanol–water partition coefficient (Wildman–Crippen LogP) is 8.24. The first-order valence-electron chi connectivity index (χ1n) is 24.8. The van der Waals surface area contributed by atoms with Crippen LogP contribution in [-0.2, 0) is 48.4 Å². The van der Waals surface area contributed by atoms with E-state index in [1.54, 1.807) is 48.7 Å². The van der Waals surface area contributed by atoms with E-state index in [1.165, 1.54) is 58.3 Å². The summed E-state index contributed by atoms with van der Waals surface area (Å²) in [6.45, 7) is -0.919. The topological polar surface area (TPSA) is 218 Å². The van der Waals surface area contributed by atoms with Gasteiger partial charge in [0.25, 0.3) is 17.0 Å². The van der Waals surface area contributed by atoms with E-state index < -0.39 is 82.1 Å². The van der Waals surface area contributed by atoms with Crippen molar-refractivity contribution in [3.05, 3.63) is 228 Å². The van der Waals surface area contributed by atoms with Gasteiger partial charge in [0.2, 0.25) is 11.8 Å². The zero-order chi connectivity index (χ0) is 55.5. The Labute approximate surface area is 450 Å². The van der Waals surface area contributed by atoms with Gasteiger partial charge in [-0.25, -0.2) is 31.3 Å². The summed E-state index contributed by atoms with van der Waals surface area (Å²) in [5.74, 6) is -6.89. The molecule has 0 spiro atoms. The molecule has 79 heavy (non-hydrogen) atoms. The molecule has 9 aromatic rings. The van der Waals surface area contributed by atoms with Gasteiger partial charge in [0, 0.05) is 69.9 Å². The van der Waals surface area contributed by atoms with Gasteiger partial charge in [0.15, 0.2) is 5.82 Å². The summed E-state index contributed by atoms with van der Waals surface area (Å²) in [5, 5.41) is 17.2. The predicted molar refractivity (Wildman–Crippen MR) is 281 cm³/mol. The molecule has 22 heteroatoms. The number of hydrogen-bond acceptors (Lipinski definition) is 9. The standard InChI is InChI=1S/C57H45ClF5N11O5/c58-36-11-8-33(9-12-36)41-26-35(28-66-55(41)47(23-31-19-37(59)27-38(60)20-31)69-50(75)29-73-48-7-2-1-5-40(48)57(79)71-73)53-44(62)21-32(22-45(53)63)24-46(54-39(6-3-16-65-54)34-10-13-43(61)42(25-34)56(64)78)68-51(76)30-74-52(77)15-14-49(70-74)72-18-4-17-67-72/h3-4,6,8-22,25-28,46-47H,1-2,5,7,23-24,29-30H2,(H2,64,78)(H,68,76)(H,69,75)(H,71,79)/t46-,47-/m0/s1. The average molecular weight is 1090 g/mol. The molecule has 0 radical (unpaired) electrons. The number of benzene rings is 4. The Morgan fingerprint density at radius 2 is 1.35 bits per heavy atom. The number of nitrogens with two attached hydrogens (primary N) is 1. The van der Waals surface area contributed by atoms with Crippen molar-refractivity contribution in [1.29, 1.82) is 0 Å². The van der Waals surface area contributed by atoms with Crippen molar-refractivity contribution in [3.8, 4) is 39.2 Å². The number of fused-ring (bicyclic) bond motifs is 1. The van der Waals surface area contributed by atoms with E-state index in [0.717, 1.165) is 47.9 Å². The summed E-state index contributed by atoms with van der Waals surface area (Å²) < 4.78 is 81.8. The van der Waals surface area contributed by atoms with Crippen molar-refractivity contribution in [3.63, 3.8) is 0 Å². The smallest absolute Gasteiger partial charge is 0.267 e. The fourth-order valence-corrected chi connectivity index (χ4v) is 10.0. The number of pyridine rings is 2.